The second-order valence-electron chi connectivity index (χ2n) is 11.4. The van der Waals surface area contributed by atoms with Gasteiger partial charge in [-0.3, -0.25) is 0 Å². The zero-order chi connectivity index (χ0) is 28.2. The molecule has 2 saturated heterocycles. The molecule has 39 heavy (non-hydrogen) atoms. The molecule has 8 nitrogen and oxygen atoms in total. The highest BCUT2D eigenvalue weighted by Crippen LogP contribution is 2.59. The zero-order valence-electron chi connectivity index (χ0n) is 24.4. The van der Waals surface area contributed by atoms with Gasteiger partial charge in [-0.15, -0.1) is 0 Å². The highest BCUT2D eigenvalue weighted by atomic mass is 16.6. The number of esters is 1. The van der Waals surface area contributed by atoms with Gasteiger partial charge in [0.05, 0.1) is 38.4 Å². The van der Waals surface area contributed by atoms with Crippen LogP contribution in [0.15, 0.2) is 35.9 Å². The molecule has 1 aliphatic carbocycles. The average Bonchev–Trinajstić information content (AvgIpc) is 3.82. The quantitative estimate of drug-likeness (QED) is 0.111. The fourth-order valence-corrected chi connectivity index (χ4v) is 5.77. The number of methoxy groups -OCH3 is 2. The highest BCUT2D eigenvalue weighted by Gasteiger charge is 2.72. The van der Waals surface area contributed by atoms with E-state index in [-0.39, 0.29) is 41.5 Å². The Kier molecular flexibility index (Phi) is 9.42. The molecule has 3 aliphatic rings. The average molecular weight is 545 g/mol. The summed E-state index contributed by atoms with van der Waals surface area (Å²) in [5.74, 6) is 0.778. The summed E-state index contributed by atoms with van der Waals surface area (Å²) in [6.45, 7) is 11.9. The van der Waals surface area contributed by atoms with Gasteiger partial charge >= 0.3 is 5.97 Å². The molecule has 216 valence electrons. The third-order valence-electron chi connectivity index (χ3n) is 7.90. The van der Waals surface area contributed by atoms with Crippen LogP contribution in [0.25, 0.3) is 6.08 Å². The van der Waals surface area contributed by atoms with E-state index >= 15 is 0 Å². The van der Waals surface area contributed by atoms with E-state index < -0.39 is 5.97 Å². The Morgan fingerprint density at radius 3 is 2.59 bits per heavy atom. The standard InChI is InChI=1S/C31H44O8/c1-20(2)8-12-26-30(5,39-26)29-28(34-7)24(14-15-31(29)19-37-31)38-27(32)13-10-22-9-11-23(25(18-22)33-6)36-17-16-35-21(3)4/h8-11,13,18,21,24,26,28-29H,12,14-17,19H2,1-7H3/b13-10+/t24-,26?,28-,29?,30?,31+/m1/s1. The molecule has 6 atom stereocenters. The predicted octanol–water partition coefficient (Wildman–Crippen LogP) is 5.13. The minimum atomic E-state index is -0.415. The van der Waals surface area contributed by atoms with Gasteiger partial charge in [-0.1, -0.05) is 17.7 Å². The van der Waals surface area contributed by atoms with Crippen molar-refractivity contribution in [1.29, 1.82) is 0 Å². The summed E-state index contributed by atoms with van der Waals surface area (Å²) in [7, 11) is 3.26. The van der Waals surface area contributed by atoms with E-state index in [0.717, 1.165) is 18.4 Å². The SMILES string of the molecule is COc1cc(/C=C/C(=O)O[C@@H]2CC[C@]3(CO3)C(C3(C)OC3CC=C(C)C)[C@@H]2OC)ccc1OCCOC(C)C. The Morgan fingerprint density at radius 2 is 1.95 bits per heavy atom. The van der Waals surface area contributed by atoms with Gasteiger partial charge in [0, 0.05) is 13.2 Å². The molecule has 3 unspecified atom stereocenters. The van der Waals surface area contributed by atoms with E-state index in [4.69, 9.17) is 33.2 Å². The minimum absolute atomic E-state index is 0.0103. The van der Waals surface area contributed by atoms with Crippen molar-refractivity contribution in [3.8, 4) is 11.5 Å². The van der Waals surface area contributed by atoms with Crippen LogP contribution in [0.2, 0.25) is 0 Å². The van der Waals surface area contributed by atoms with Gasteiger partial charge in [0.1, 0.15) is 30.0 Å². The van der Waals surface area contributed by atoms with Gasteiger partial charge in [-0.2, -0.15) is 0 Å². The van der Waals surface area contributed by atoms with Crippen molar-refractivity contribution in [1.82, 2.24) is 0 Å². The lowest BCUT2D eigenvalue weighted by atomic mass is 9.68. The smallest absolute Gasteiger partial charge is 0.331 e. The first kappa shape index (κ1) is 29.6. The maximum Gasteiger partial charge on any atom is 0.331 e. The minimum Gasteiger partial charge on any atom is -0.493 e. The van der Waals surface area contributed by atoms with Gasteiger partial charge in [0.25, 0.3) is 0 Å². The van der Waals surface area contributed by atoms with Gasteiger partial charge in [-0.25, -0.2) is 4.79 Å². The summed E-state index contributed by atoms with van der Waals surface area (Å²) in [6.07, 6.45) is 7.29. The second-order valence-corrected chi connectivity index (χ2v) is 11.4. The highest BCUT2D eigenvalue weighted by molar-refractivity contribution is 5.87. The van der Waals surface area contributed by atoms with Crippen LogP contribution in [-0.4, -0.2) is 75.6 Å². The maximum absolute atomic E-state index is 12.9. The number of allylic oxidation sites excluding steroid dienone is 1. The number of carbonyl (C=O) groups is 1. The maximum atomic E-state index is 12.9. The third kappa shape index (κ3) is 7.04. The molecular weight excluding hydrogens is 500 g/mol. The summed E-state index contributed by atoms with van der Waals surface area (Å²) in [6, 6.07) is 5.51. The predicted molar refractivity (Wildman–Crippen MR) is 148 cm³/mol. The lowest BCUT2D eigenvalue weighted by Crippen LogP contribution is -2.55. The van der Waals surface area contributed by atoms with E-state index in [1.54, 1.807) is 20.3 Å². The first-order chi connectivity index (χ1) is 18.6. The van der Waals surface area contributed by atoms with E-state index in [9.17, 15) is 4.79 Å². The Balaban J connectivity index is 1.38. The van der Waals surface area contributed by atoms with Crippen LogP contribution >= 0.6 is 0 Å². The molecule has 1 spiro atoms. The lowest BCUT2D eigenvalue weighted by Gasteiger charge is -2.42. The van der Waals surface area contributed by atoms with Crippen LogP contribution in [-0.2, 0) is 28.5 Å². The van der Waals surface area contributed by atoms with Crippen LogP contribution < -0.4 is 9.47 Å². The third-order valence-corrected chi connectivity index (χ3v) is 7.90. The van der Waals surface area contributed by atoms with Gasteiger partial charge in [0.15, 0.2) is 11.5 Å². The molecule has 0 radical (unpaired) electrons. The number of hydrogen-bond donors (Lipinski definition) is 0. The lowest BCUT2D eigenvalue weighted by molar-refractivity contribution is -0.166. The molecule has 0 N–H and O–H groups in total. The van der Waals surface area contributed by atoms with Crippen LogP contribution in [0.3, 0.4) is 0 Å². The Hall–Kier alpha value is -2.39. The van der Waals surface area contributed by atoms with Crippen molar-refractivity contribution in [2.45, 2.75) is 89.5 Å². The van der Waals surface area contributed by atoms with Crippen molar-refractivity contribution >= 4 is 12.0 Å². The fraction of sp³-hybridized carbons (Fsp3) is 0.645. The number of epoxide rings is 2. The molecule has 3 fully saturated rings. The second kappa shape index (κ2) is 12.4. The van der Waals surface area contributed by atoms with Gasteiger partial charge in [-0.05, 0) is 77.7 Å². The Labute approximate surface area is 232 Å². The van der Waals surface area contributed by atoms with E-state index in [1.165, 1.54) is 11.6 Å². The van der Waals surface area contributed by atoms with E-state index in [0.29, 0.717) is 37.7 Å². The molecule has 0 amide bonds. The summed E-state index contributed by atoms with van der Waals surface area (Å²) < 4.78 is 40.9. The summed E-state index contributed by atoms with van der Waals surface area (Å²) in [5, 5.41) is 0. The molecule has 1 aromatic carbocycles. The van der Waals surface area contributed by atoms with Crippen LogP contribution in [0.1, 0.15) is 59.4 Å². The first-order valence-electron chi connectivity index (χ1n) is 13.9. The normalized spacial score (nSPS) is 31.4. The fourth-order valence-electron chi connectivity index (χ4n) is 5.77. The number of hydrogen-bond acceptors (Lipinski definition) is 8. The zero-order valence-corrected chi connectivity index (χ0v) is 24.4. The van der Waals surface area contributed by atoms with E-state index in [1.807, 2.05) is 32.0 Å². The summed E-state index contributed by atoms with van der Waals surface area (Å²) >= 11 is 0. The van der Waals surface area contributed by atoms with Crippen molar-refractivity contribution in [2.75, 3.05) is 34.0 Å². The van der Waals surface area contributed by atoms with Crippen LogP contribution in [0, 0.1) is 5.92 Å². The Bertz CT molecular complexity index is 1050. The molecule has 2 heterocycles. The van der Waals surface area contributed by atoms with Gasteiger partial charge in [0.2, 0.25) is 0 Å². The first-order valence-corrected chi connectivity index (χ1v) is 13.9. The summed E-state index contributed by atoms with van der Waals surface area (Å²) in [4.78, 5) is 12.9. The molecule has 8 heteroatoms. The van der Waals surface area contributed by atoms with Crippen LogP contribution in [0.5, 0.6) is 11.5 Å². The Morgan fingerprint density at radius 1 is 1.18 bits per heavy atom. The van der Waals surface area contributed by atoms with Crippen molar-refractivity contribution in [3.63, 3.8) is 0 Å². The molecule has 0 bridgehead atoms. The molecule has 0 aromatic heterocycles. The van der Waals surface area contributed by atoms with Crippen molar-refractivity contribution in [2.24, 2.45) is 5.92 Å². The molecule has 1 saturated carbocycles. The van der Waals surface area contributed by atoms with Crippen molar-refractivity contribution in [3.05, 3.63) is 41.5 Å². The van der Waals surface area contributed by atoms with E-state index in [2.05, 4.69) is 26.8 Å². The molecule has 2 aliphatic heterocycles. The monoisotopic (exact) mass is 544 g/mol. The number of ether oxygens (including phenoxy) is 7. The van der Waals surface area contributed by atoms with Crippen LogP contribution in [0.4, 0.5) is 0 Å². The number of carbonyl (C=O) groups excluding carboxylic acids is 1. The number of benzene rings is 1. The molecular formula is C31H44O8. The molecule has 4 rings (SSSR count). The van der Waals surface area contributed by atoms with Gasteiger partial charge < -0.3 is 33.2 Å². The number of rotatable bonds is 13. The topological polar surface area (TPSA) is 88.3 Å². The molecule has 1 aromatic rings. The van der Waals surface area contributed by atoms with Crippen molar-refractivity contribution < 1.29 is 38.0 Å². The largest absolute Gasteiger partial charge is 0.493 e. The summed E-state index contributed by atoms with van der Waals surface area (Å²) in [5.41, 5.74) is 1.44.